The number of benzene rings is 3. The van der Waals surface area contributed by atoms with E-state index >= 15 is 4.39 Å². The number of aromatic nitrogens is 3. The first-order valence-electron chi connectivity index (χ1n) is 29.8. The van der Waals surface area contributed by atoms with Crippen molar-refractivity contribution in [1.29, 1.82) is 0 Å². The van der Waals surface area contributed by atoms with Crippen molar-refractivity contribution in [3.63, 3.8) is 0 Å². The van der Waals surface area contributed by atoms with E-state index in [1.165, 1.54) is 5.51 Å². The number of likely N-dealkylation sites (tertiary alicyclic amines) is 1. The fourth-order valence-corrected chi connectivity index (χ4v) is 10.9. The maximum atomic E-state index is 15.5. The van der Waals surface area contributed by atoms with E-state index in [9.17, 15) is 13.2 Å². The molecule has 0 aliphatic carbocycles. The average Bonchev–Trinajstić information content (AvgIpc) is 1.81. The van der Waals surface area contributed by atoms with Crippen molar-refractivity contribution in [3.8, 4) is 33.8 Å². The monoisotopic (exact) mass is 1310 g/mol. The van der Waals surface area contributed by atoms with Gasteiger partial charge in [0.25, 0.3) is 16.5 Å². The molecule has 3 aromatic carbocycles. The molecule has 3 heterocycles. The Morgan fingerprint density at radius 1 is 0.674 bits per heavy atom. The molecule has 27 heteroatoms. The molecule has 0 saturated carbocycles. The first-order chi connectivity index (χ1) is 43.5. The van der Waals surface area contributed by atoms with Gasteiger partial charge in [-0.2, -0.15) is 0 Å². The number of carbonyl (C=O) groups excluding carboxylic acids is 1. The smallest absolute Gasteiger partial charge is 0.290 e. The summed E-state index contributed by atoms with van der Waals surface area (Å²) in [5, 5.41) is 14.1. The highest BCUT2D eigenvalue weighted by Crippen LogP contribution is 2.41. The van der Waals surface area contributed by atoms with Gasteiger partial charge in [-0.15, -0.1) is 10.2 Å². The van der Waals surface area contributed by atoms with Crippen molar-refractivity contribution < 1.29 is 89.1 Å². The Kier molecular flexibility index (Phi) is 38.2. The zero-order valence-electron chi connectivity index (χ0n) is 51.0. The van der Waals surface area contributed by atoms with Gasteiger partial charge < -0.3 is 71.6 Å². The van der Waals surface area contributed by atoms with Crippen LogP contribution in [0.3, 0.4) is 0 Å². The van der Waals surface area contributed by atoms with Gasteiger partial charge in [-0.25, -0.2) is 12.8 Å². The standard InChI is InChI=1S/C61H85ClFN5O16S2.CH2O2/c1-48-6-5-8-50(42-48)51-10-11-57(84-58-46-56(63)59(45-55(58)62)86(70,71)67-61-66-65-47-85-61)54(44-51)52-12-16-64-53(43-52)9-4-3-7-49-13-17-68(18-14-49)60(69)15-19-73-22-23-75-26-27-77-30-31-79-34-35-81-38-39-83-41-40-82-37-36-80-33-32-78-29-28-76-25-24-74-21-20-72-2;2-1-3/h5-6,8,10-12,16,42-47,49H,3-4,7,9,13-15,17-41H2,1-2H3,(H,66,67);1H,(H,2,3). The van der Waals surface area contributed by atoms with Gasteiger partial charge in [0.1, 0.15) is 27.7 Å². The number of carbonyl (C=O) groups is 2. The molecule has 23 nitrogen and oxygen atoms in total. The van der Waals surface area contributed by atoms with E-state index in [1.54, 1.807) is 19.4 Å². The summed E-state index contributed by atoms with van der Waals surface area (Å²) >= 11 is 7.54. The Labute approximate surface area is 531 Å². The molecule has 2 aromatic heterocycles. The number of unbranched alkanes of at least 4 members (excludes halogenated alkanes) is 1. The van der Waals surface area contributed by atoms with Crippen molar-refractivity contribution in [1.82, 2.24) is 20.1 Å². The molecule has 1 saturated heterocycles. The van der Waals surface area contributed by atoms with E-state index in [0.717, 1.165) is 109 Å². The van der Waals surface area contributed by atoms with Gasteiger partial charge in [0.05, 0.1) is 163 Å². The quantitative estimate of drug-likeness (QED) is 0.0272. The number of amides is 1. The molecular formula is C62H87ClFN5O18S2. The van der Waals surface area contributed by atoms with Crippen LogP contribution in [-0.2, 0) is 82.9 Å². The zero-order valence-corrected chi connectivity index (χ0v) is 53.4. The van der Waals surface area contributed by atoms with Crippen molar-refractivity contribution >= 4 is 50.5 Å². The van der Waals surface area contributed by atoms with E-state index in [1.807, 2.05) is 54.3 Å². The second kappa shape index (κ2) is 45.8. The number of nitrogens with zero attached hydrogens (tertiary/aromatic N) is 4. The number of piperidine rings is 1. The molecular weight excluding hydrogens is 1220 g/mol. The number of hydrogen-bond donors (Lipinski definition) is 2. The number of nitrogens with one attached hydrogen (secondary N) is 1. The highest BCUT2D eigenvalue weighted by molar-refractivity contribution is 7.93. The molecule has 494 valence electrons. The van der Waals surface area contributed by atoms with Crippen molar-refractivity contribution in [2.24, 2.45) is 5.92 Å². The van der Waals surface area contributed by atoms with Crippen LogP contribution in [0, 0.1) is 18.7 Å². The first kappa shape index (κ1) is 74.3. The zero-order chi connectivity index (χ0) is 63.4. The third-order valence-corrected chi connectivity index (χ3v) is 15.8. The minimum absolute atomic E-state index is 0.00987. The molecule has 1 aliphatic heterocycles. The topological polar surface area (TPSA) is 262 Å². The first-order valence-corrected chi connectivity index (χ1v) is 32.6. The lowest BCUT2D eigenvalue weighted by molar-refractivity contribution is -0.134. The van der Waals surface area contributed by atoms with Crippen LogP contribution in [0.2, 0.25) is 5.02 Å². The fraction of sp³-hybridized carbons (Fsp3) is 0.565. The van der Waals surface area contributed by atoms with Crippen LogP contribution in [-0.4, -0.2) is 218 Å². The van der Waals surface area contributed by atoms with Crippen molar-refractivity contribution in [2.75, 3.05) is 177 Å². The van der Waals surface area contributed by atoms with Crippen LogP contribution >= 0.6 is 22.9 Å². The Hall–Kier alpha value is -5.40. The molecule has 5 aromatic rings. The molecule has 89 heavy (non-hydrogen) atoms. The molecule has 0 bridgehead atoms. The third-order valence-electron chi connectivity index (χ3n) is 13.4. The summed E-state index contributed by atoms with van der Waals surface area (Å²) in [4.78, 5) is 27.3. The van der Waals surface area contributed by atoms with Crippen LogP contribution in [0.15, 0.2) is 83.3 Å². The summed E-state index contributed by atoms with van der Waals surface area (Å²) in [6.45, 7) is 14.4. The summed E-state index contributed by atoms with van der Waals surface area (Å²) in [6, 6.07) is 19.8. The van der Waals surface area contributed by atoms with Crippen LogP contribution in [0.25, 0.3) is 22.3 Å². The molecule has 1 amide bonds. The predicted octanol–water partition coefficient (Wildman–Crippen LogP) is 8.83. The Balaban J connectivity index is 0.00000471. The number of rotatable bonds is 48. The van der Waals surface area contributed by atoms with Gasteiger partial charge in [-0.1, -0.05) is 71.7 Å². The minimum Gasteiger partial charge on any atom is -0.483 e. The number of anilines is 1. The number of pyridine rings is 1. The lowest BCUT2D eigenvalue weighted by Crippen LogP contribution is -2.38. The second-order valence-corrected chi connectivity index (χ2v) is 22.8. The fourth-order valence-electron chi connectivity index (χ4n) is 8.90. The molecule has 0 spiro atoms. The predicted molar refractivity (Wildman–Crippen MR) is 333 cm³/mol. The molecule has 1 fully saturated rings. The largest absolute Gasteiger partial charge is 0.483 e. The van der Waals surface area contributed by atoms with Crippen LogP contribution in [0.1, 0.15) is 49.8 Å². The van der Waals surface area contributed by atoms with Gasteiger partial charge in [-0.3, -0.25) is 19.3 Å². The maximum absolute atomic E-state index is 15.5. The summed E-state index contributed by atoms with van der Waals surface area (Å²) < 4.78 is 116. The molecule has 0 atom stereocenters. The van der Waals surface area contributed by atoms with E-state index in [-0.39, 0.29) is 28.3 Å². The summed E-state index contributed by atoms with van der Waals surface area (Å²) in [5.74, 6) is -0.0359. The van der Waals surface area contributed by atoms with E-state index in [4.69, 9.17) is 88.1 Å². The highest BCUT2D eigenvalue weighted by atomic mass is 35.5. The van der Waals surface area contributed by atoms with Crippen molar-refractivity contribution in [3.05, 3.63) is 101 Å². The van der Waals surface area contributed by atoms with Crippen molar-refractivity contribution in [2.45, 2.75) is 56.8 Å². The van der Waals surface area contributed by atoms with E-state index in [0.29, 0.717) is 170 Å². The average molecular weight is 1310 g/mol. The second-order valence-electron chi connectivity index (χ2n) is 19.9. The lowest BCUT2D eigenvalue weighted by atomic mass is 9.91. The number of methoxy groups -OCH3 is 1. The van der Waals surface area contributed by atoms with Crippen LogP contribution < -0.4 is 9.46 Å². The van der Waals surface area contributed by atoms with E-state index in [2.05, 4.69) is 21.0 Å². The number of aryl methyl sites for hydroxylation is 2. The van der Waals surface area contributed by atoms with Crippen LogP contribution in [0.4, 0.5) is 9.52 Å². The maximum Gasteiger partial charge on any atom is 0.290 e. The molecule has 0 radical (unpaired) electrons. The molecule has 6 rings (SSSR count). The summed E-state index contributed by atoms with van der Waals surface area (Å²) in [5.41, 5.74) is 6.91. The third kappa shape index (κ3) is 31.0. The van der Waals surface area contributed by atoms with Crippen LogP contribution in [0.5, 0.6) is 11.5 Å². The Morgan fingerprint density at radius 3 is 1.70 bits per heavy atom. The number of halogens is 2. The molecule has 2 N–H and O–H groups in total. The normalized spacial score (nSPS) is 12.7. The van der Waals surface area contributed by atoms with Gasteiger partial charge in [0.2, 0.25) is 11.0 Å². The van der Waals surface area contributed by atoms with E-state index < -0.39 is 20.7 Å². The Bertz CT molecular complexity index is 2830. The lowest BCUT2D eigenvalue weighted by Gasteiger charge is -2.32. The van der Waals surface area contributed by atoms with Gasteiger partial charge in [-0.05, 0) is 85.5 Å². The number of carboxylic acid groups (broad SMARTS) is 1. The van der Waals surface area contributed by atoms with Gasteiger partial charge in [0.15, 0.2) is 0 Å². The molecule has 1 aliphatic rings. The SMILES string of the molecule is COCCOCCOCCOCCOCCOCCOCCOCCOCCOCCOCCOCCC(=O)N1CCC(CCCCc2cc(-c3cc(-c4cccc(C)c4)ccc3Oc3cc(F)c(S(=O)(=O)Nc4nncs4)cc3Cl)ccn2)CC1.O=CO. The molecule has 0 unspecified atom stereocenters. The highest BCUT2D eigenvalue weighted by Gasteiger charge is 2.25. The minimum atomic E-state index is -4.36. The summed E-state index contributed by atoms with van der Waals surface area (Å²) in [7, 11) is -2.72. The summed E-state index contributed by atoms with van der Waals surface area (Å²) in [6.07, 6.45) is 7.88. The number of hydrogen-bond acceptors (Lipinski definition) is 21. The Morgan fingerprint density at radius 2 is 1.19 bits per heavy atom. The number of sulfonamides is 1. The van der Waals surface area contributed by atoms with Gasteiger partial charge in [0, 0.05) is 43.7 Å². The van der Waals surface area contributed by atoms with Gasteiger partial charge >= 0.3 is 0 Å². The number of ether oxygens (including phenoxy) is 13.